The van der Waals surface area contributed by atoms with Gasteiger partial charge < -0.3 is 10.3 Å². The summed E-state index contributed by atoms with van der Waals surface area (Å²) < 4.78 is 29.1. The van der Waals surface area contributed by atoms with E-state index in [-0.39, 0.29) is 0 Å². The van der Waals surface area contributed by atoms with Crippen molar-refractivity contribution in [2.75, 3.05) is 6.54 Å². The van der Waals surface area contributed by atoms with Crippen LogP contribution in [0.2, 0.25) is 0 Å². The average molecular weight is 299 g/mol. The van der Waals surface area contributed by atoms with E-state index in [2.05, 4.69) is 11.6 Å². The van der Waals surface area contributed by atoms with Gasteiger partial charge in [0.15, 0.2) is 0 Å². The predicted molar refractivity (Wildman–Crippen MR) is 79.8 cm³/mol. The number of nitrogens with zero attached hydrogens (tertiary/aromatic N) is 1. The number of hydrogen-bond donors (Lipinski definition) is 2. The van der Waals surface area contributed by atoms with Crippen molar-refractivity contribution < 1.29 is 8.42 Å². The molecule has 0 aliphatic heterocycles. The molecular formula is C14H25N3O2S. The molecule has 20 heavy (non-hydrogen) atoms. The molecule has 1 aliphatic rings. The highest BCUT2D eigenvalue weighted by Crippen LogP contribution is 2.28. The molecular weight excluding hydrogens is 274 g/mol. The fourth-order valence-electron chi connectivity index (χ4n) is 2.56. The molecule has 1 saturated carbocycles. The zero-order valence-corrected chi connectivity index (χ0v) is 13.0. The highest BCUT2D eigenvalue weighted by Gasteiger charge is 2.20. The summed E-state index contributed by atoms with van der Waals surface area (Å²) in [4.78, 5) is 0.333. The van der Waals surface area contributed by atoms with Crippen LogP contribution < -0.4 is 10.5 Å². The van der Waals surface area contributed by atoms with Crippen LogP contribution in [0.25, 0.3) is 0 Å². The Morgan fingerprint density at radius 1 is 1.45 bits per heavy atom. The number of aromatic nitrogens is 1. The molecule has 0 radical (unpaired) electrons. The van der Waals surface area contributed by atoms with Crippen molar-refractivity contribution in [1.29, 1.82) is 0 Å². The van der Waals surface area contributed by atoms with Crippen molar-refractivity contribution in [3.63, 3.8) is 0 Å². The summed E-state index contributed by atoms with van der Waals surface area (Å²) in [5, 5.41) is 0. The highest BCUT2D eigenvalue weighted by atomic mass is 32.2. The van der Waals surface area contributed by atoms with Crippen LogP contribution in [0.1, 0.15) is 44.7 Å². The maximum atomic E-state index is 12.2. The van der Waals surface area contributed by atoms with Crippen LogP contribution in [-0.2, 0) is 23.1 Å². The molecule has 1 heterocycles. The van der Waals surface area contributed by atoms with E-state index < -0.39 is 10.0 Å². The van der Waals surface area contributed by atoms with Crippen LogP contribution in [-0.4, -0.2) is 19.5 Å². The van der Waals surface area contributed by atoms with Crippen LogP contribution in [0.3, 0.4) is 0 Å². The van der Waals surface area contributed by atoms with E-state index in [0.29, 0.717) is 23.9 Å². The van der Waals surface area contributed by atoms with E-state index in [9.17, 15) is 8.42 Å². The Hall–Kier alpha value is -0.850. The van der Waals surface area contributed by atoms with Gasteiger partial charge in [-0.05, 0) is 24.8 Å². The van der Waals surface area contributed by atoms with Gasteiger partial charge in [0.1, 0.15) is 0 Å². The van der Waals surface area contributed by atoms with Crippen LogP contribution in [0.5, 0.6) is 0 Å². The first-order chi connectivity index (χ1) is 9.56. The Morgan fingerprint density at radius 3 is 2.75 bits per heavy atom. The summed E-state index contributed by atoms with van der Waals surface area (Å²) in [7, 11) is -3.40. The lowest BCUT2D eigenvalue weighted by atomic mass is 9.83. The van der Waals surface area contributed by atoms with Crippen molar-refractivity contribution in [3.8, 4) is 0 Å². The van der Waals surface area contributed by atoms with Gasteiger partial charge in [-0.2, -0.15) is 0 Å². The zero-order chi connectivity index (χ0) is 14.6. The van der Waals surface area contributed by atoms with Gasteiger partial charge in [-0.15, -0.1) is 0 Å². The van der Waals surface area contributed by atoms with Gasteiger partial charge in [-0.3, -0.25) is 0 Å². The number of nitrogens with one attached hydrogen (secondary N) is 1. The number of nitrogens with two attached hydrogens (primary N) is 1. The van der Waals surface area contributed by atoms with Crippen LogP contribution in [0, 0.1) is 5.92 Å². The smallest absolute Gasteiger partial charge is 0.242 e. The first kappa shape index (κ1) is 15.5. The van der Waals surface area contributed by atoms with Crippen molar-refractivity contribution in [2.45, 2.75) is 57.0 Å². The van der Waals surface area contributed by atoms with Gasteiger partial charge in [-0.1, -0.05) is 26.2 Å². The number of hydrogen-bond acceptors (Lipinski definition) is 3. The van der Waals surface area contributed by atoms with Crippen LogP contribution in [0.15, 0.2) is 17.2 Å². The van der Waals surface area contributed by atoms with Crippen molar-refractivity contribution in [2.24, 2.45) is 11.7 Å². The zero-order valence-electron chi connectivity index (χ0n) is 12.1. The topological polar surface area (TPSA) is 77.1 Å². The molecule has 0 saturated heterocycles. The molecule has 0 amide bonds. The Kier molecular flexibility index (Phi) is 5.23. The van der Waals surface area contributed by atoms with E-state index in [1.165, 1.54) is 19.3 Å². The second-order valence-corrected chi connectivity index (χ2v) is 7.31. The Labute approximate surface area is 121 Å². The van der Waals surface area contributed by atoms with Crippen molar-refractivity contribution in [1.82, 2.24) is 9.29 Å². The minimum absolute atomic E-state index is 0.333. The molecule has 1 fully saturated rings. The van der Waals surface area contributed by atoms with Crippen LogP contribution >= 0.6 is 0 Å². The lowest BCUT2D eigenvalue weighted by Crippen LogP contribution is -2.27. The molecule has 0 spiro atoms. The largest absolute Gasteiger partial charge is 0.349 e. The quantitative estimate of drug-likeness (QED) is 0.768. The maximum Gasteiger partial charge on any atom is 0.242 e. The summed E-state index contributed by atoms with van der Waals surface area (Å²) in [6.07, 6.45) is 7.36. The third-order valence-electron chi connectivity index (χ3n) is 4.01. The molecule has 0 atom stereocenters. The first-order valence-corrected chi connectivity index (χ1v) is 8.94. The summed E-state index contributed by atoms with van der Waals surface area (Å²) in [5.74, 6) is 0.710. The lowest BCUT2D eigenvalue weighted by Gasteiger charge is -2.24. The molecule has 1 aromatic rings. The summed E-state index contributed by atoms with van der Waals surface area (Å²) in [5.41, 5.74) is 6.53. The normalized spacial score (nSPS) is 16.3. The fraction of sp³-hybridized carbons (Fsp3) is 0.714. The molecule has 0 unspecified atom stereocenters. The van der Waals surface area contributed by atoms with Crippen molar-refractivity contribution in [3.05, 3.63) is 18.0 Å². The molecule has 5 nitrogen and oxygen atoms in total. The van der Waals surface area contributed by atoms with Gasteiger partial charge in [0.05, 0.1) is 4.90 Å². The second-order valence-electron chi connectivity index (χ2n) is 5.55. The lowest BCUT2D eigenvalue weighted by molar-refractivity contribution is 0.297. The number of rotatable bonds is 8. The van der Waals surface area contributed by atoms with Gasteiger partial charge >= 0.3 is 0 Å². The number of aryl methyl sites for hydroxylation is 1. The molecule has 3 N–H and O–H groups in total. The first-order valence-electron chi connectivity index (χ1n) is 7.45. The Bertz CT molecular complexity index is 533. The molecule has 0 bridgehead atoms. The van der Waals surface area contributed by atoms with Gasteiger partial charge in [-0.25, -0.2) is 13.1 Å². The van der Waals surface area contributed by atoms with E-state index in [4.69, 9.17) is 5.73 Å². The number of sulfonamides is 1. The van der Waals surface area contributed by atoms with E-state index in [1.54, 1.807) is 12.3 Å². The van der Waals surface area contributed by atoms with Gasteiger partial charge in [0, 0.05) is 31.5 Å². The molecule has 1 aliphatic carbocycles. The van der Waals surface area contributed by atoms with Crippen LogP contribution in [0.4, 0.5) is 0 Å². The Balaban J connectivity index is 2.00. The summed E-state index contributed by atoms with van der Waals surface area (Å²) in [6, 6.07) is 1.68. The predicted octanol–water partition coefficient (Wildman–Crippen LogP) is 1.83. The van der Waals surface area contributed by atoms with Gasteiger partial charge in [0.25, 0.3) is 0 Å². The molecule has 6 heteroatoms. The van der Waals surface area contributed by atoms with E-state index >= 15 is 0 Å². The van der Waals surface area contributed by atoms with E-state index in [0.717, 1.165) is 25.1 Å². The fourth-order valence-corrected chi connectivity index (χ4v) is 3.67. The highest BCUT2D eigenvalue weighted by molar-refractivity contribution is 7.89. The standard InChI is InChI=1S/C14H25N3O2S/c1-2-8-17-11-14(9-13(17)10-15)20(18,19)16-7-6-12-4-3-5-12/h9,11-12,16H,2-8,10,15H2,1H3. The molecule has 2 rings (SSSR count). The molecule has 114 valence electrons. The average Bonchev–Trinajstić information content (AvgIpc) is 2.77. The minimum Gasteiger partial charge on any atom is -0.349 e. The second kappa shape index (κ2) is 6.74. The SMILES string of the molecule is CCCn1cc(S(=O)(=O)NCCC2CCC2)cc1CN. The third-order valence-corrected chi connectivity index (χ3v) is 5.44. The third kappa shape index (κ3) is 3.62. The van der Waals surface area contributed by atoms with Crippen molar-refractivity contribution >= 4 is 10.0 Å². The Morgan fingerprint density at radius 2 is 2.20 bits per heavy atom. The van der Waals surface area contributed by atoms with E-state index in [1.807, 2.05) is 4.57 Å². The summed E-state index contributed by atoms with van der Waals surface area (Å²) >= 11 is 0. The summed E-state index contributed by atoms with van der Waals surface area (Å²) in [6.45, 7) is 3.75. The molecule has 1 aromatic heterocycles. The monoisotopic (exact) mass is 299 g/mol. The minimum atomic E-state index is -3.40. The van der Waals surface area contributed by atoms with Gasteiger partial charge in [0.2, 0.25) is 10.0 Å². The molecule has 0 aromatic carbocycles. The maximum absolute atomic E-state index is 12.2.